The van der Waals surface area contributed by atoms with Crippen molar-refractivity contribution in [2.75, 3.05) is 11.6 Å². The van der Waals surface area contributed by atoms with Gasteiger partial charge in [-0.2, -0.15) is 11.3 Å². The van der Waals surface area contributed by atoms with Gasteiger partial charge >= 0.3 is 6.03 Å². The molecule has 0 bridgehead atoms. The van der Waals surface area contributed by atoms with E-state index in [2.05, 4.69) is 5.32 Å². The summed E-state index contributed by atoms with van der Waals surface area (Å²) in [6.45, 7) is -0.617. The van der Waals surface area contributed by atoms with Crippen molar-refractivity contribution in [3.63, 3.8) is 0 Å². The van der Waals surface area contributed by atoms with Crippen LogP contribution in [0.4, 0.5) is 14.9 Å². The number of halogens is 1. The molecular weight excluding hydrogens is 219 g/mol. The number of amides is 3. The largest absolute Gasteiger partial charge is 0.329 e. The number of carbonyl (C=O) groups is 2. The Morgan fingerprint density at radius 3 is 2.93 bits per heavy atom. The van der Waals surface area contributed by atoms with Crippen molar-refractivity contribution in [1.29, 1.82) is 0 Å². The summed E-state index contributed by atoms with van der Waals surface area (Å²) in [7, 11) is 0. The van der Waals surface area contributed by atoms with Crippen molar-refractivity contribution in [2.45, 2.75) is 12.5 Å². The highest BCUT2D eigenvalue weighted by Gasteiger charge is 2.38. The van der Waals surface area contributed by atoms with E-state index in [0.717, 1.165) is 4.90 Å². The minimum atomic E-state index is -0.720. The van der Waals surface area contributed by atoms with E-state index in [0.29, 0.717) is 5.69 Å². The highest BCUT2D eigenvalue weighted by atomic mass is 32.1. The molecule has 1 aromatic heterocycles. The Kier molecular flexibility index (Phi) is 2.68. The third-order valence-electron chi connectivity index (χ3n) is 2.18. The minimum absolute atomic E-state index is 0.0329. The zero-order chi connectivity index (χ0) is 10.8. The Balaban J connectivity index is 2.20. The van der Waals surface area contributed by atoms with Gasteiger partial charge in [-0.05, 0) is 11.4 Å². The molecule has 1 unspecified atom stereocenters. The lowest BCUT2D eigenvalue weighted by Gasteiger charge is -2.09. The van der Waals surface area contributed by atoms with E-state index < -0.39 is 18.7 Å². The lowest BCUT2D eigenvalue weighted by atomic mass is 10.2. The second kappa shape index (κ2) is 3.98. The molecule has 1 aliphatic rings. The first-order valence-corrected chi connectivity index (χ1v) is 5.41. The molecule has 15 heavy (non-hydrogen) atoms. The fourth-order valence-electron chi connectivity index (χ4n) is 1.47. The maximum Gasteiger partial charge on any atom is 0.329 e. The van der Waals surface area contributed by atoms with Crippen molar-refractivity contribution in [1.82, 2.24) is 5.32 Å². The monoisotopic (exact) mass is 228 g/mol. The van der Waals surface area contributed by atoms with Gasteiger partial charge in [0.25, 0.3) is 5.91 Å². The minimum Gasteiger partial charge on any atom is -0.325 e. The summed E-state index contributed by atoms with van der Waals surface area (Å²) >= 11 is 1.40. The predicted molar refractivity (Wildman–Crippen MR) is 54.7 cm³/mol. The van der Waals surface area contributed by atoms with Crippen LogP contribution in [0.5, 0.6) is 0 Å². The number of alkyl halides is 1. The third kappa shape index (κ3) is 1.72. The van der Waals surface area contributed by atoms with Crippen molar-refractivity contribution >= 4 is 29.0 Å². The number of hydrogen-bond acceptors (Lipinski definition) is 3. The van der Waals surface area contributed by atoms with E-state index in [9.17, 15) is 14.0 Å². The van der Waals surface area contributed by atoms with Gasteiger partial charge in [-0.25, -0.2) is 9.69 Å². The van der Waals surface area contributed by atoms with Gasteiger partial charge in [-0.3, -0.25) is 9.18 Å². The molecule has 1 N–H and O–H groups in total. The molecular formula is C9H9FN2O2S. The zero-order valence-corrected chi connectivity index (χ0v) is 8.59. The topological polar surface area (TPSA) is 49.4 Å². The number of hydrogen-bond donors (Lipinski definition) is 1. The van der Waals surface area contributed by atoms with Crippen molar-refractivity contribution in [2.24, 2.45) is 0 Å². The standard InChI is InChI=1S/C9H9FN2O2S/c10-3-1-7-8(13)12(9(14)11-7)6-2-4-15-5-6/h2,4-5,7H,1,3H2,(H,11,14). The molecule has 1 aliphatic heterocycles. The number of carbonyl (C=O) groups excluding carboxylic acids is 2. The van der Waals surface area contributed by atoms with E-state index in [1.165, 1.54) is 11.3 Å². The predicted octanol–water partition coefficient (Wildman–Crippen LogP) is 1.53. The van der Waals surface area contributed by atoms with Crippen LogP contribution < -0.4 is 10.2 Å². The number of thiophene rings is 1. The summed E-state index contributed by atoms with van der Waals surface area (Å²) < 4.78 is 12.1. The first-order chi connectivity index (χ1) is 7.24. The Morgan fingerprint density at radius 2 is 2.33 bits per heavy atom. The number of urea groups is 1. The lowest BCUT2D eigenvalue weighted by molar-refractivity contribution is -0.118. The fraction of sp³-hybridized carbons (Fsp3) is 0.333. The zero-order valence-electron chi connectivity index (χ0n) is 7.77. The Labute approximate surface area is 89.7 Å². The molecule has 1 fully saturated rings. The van der Waals surface area contributed by atoms with Crippen LogP contribution in [0.25, 0.3) is 0 Å². The van der Waals surface area contributed by atoms with Crippen molar-refractivity contribution in [3.8, 4) is 0 Å². The van der Waals surface area contributed by atoms with Crippen molar-refractivity contribution in [3.05, 3.63) is 16.8 Å². The van der Waals surface area contributed by atoms with Crippen molar-refractivity contribution < 1.29 is 14.0 Å². The van der Waals surface area contributed by atoms with Gasteiger partial charge in [0.2, 0.25) is 0 Å². The first kappa shape index (κ1) is 10.1. The molecule has 0 radical (unpaired) electrons. The summed E-state index contributed by atoms with van der Waals surface area (Å²) in [6.07, 6.45) is 0.0329. The number of rotatable bonds is 3. The average molecular weight is 228 g/mol. The molecule has 1 saturated heterocycles. The summed E-state index contributed by atoms with van der Waals surface area (Å²) in [6, 6.07) is 0.485. The molecule has 80 valence electrons. The van der Waals surface area contributed by atoms with E-state index in [-0.39, 0.29) is 12.3 Å². The molecule has 3 amide bonds. The van der Waals surface area contributed by atoms with Crippen LogP contribution in [0, 0.1) is 0 Å². The summed E-state index contributed by atoms with van der Waals surface area (Å²) in [5, 5.41) is 5.92. The second-order valence-electron chi connectivity index (χ2n) is 3.13. The Bertz CT molecular complexity index is 379. The number of nitrogens with zero attached hydrogens (tertiary/aromatic N) is 1. The highest BCUT2D eigenvalue weighted by Crippen LogP contribution is 2.22. The Hall–Kier alpha value is -1.43. The van der Waals surface area contributed by atoms with Gasteiger partial charge in [0.1, 0.15) is 6.04 Å². The molecule has 2 rings (SSSR count). The fourth-order valence-corrected chi connectivity index (χ4v) is 2.08. The molecule has 4 nitrogen and oxygen atoms in total. The SMILES string of the molecule is O=C1NC(CCF)C(=O)N1c1ccsc1. The van der Waals surface area contributed by atoms with Crippen LogP contribution >= 0.6 is 11.3 Å². The summed E-state index contributed by atoms with van der Waals surface area (Å²) in [5.74, 6) is -0.379. The van der Waals surface area contributed by atoms with Gasteiger partial charge < -0.3 is 5.32 Å². The maximum absolute atomic E-state index is 12.1. The quantitative estimate of drug-likeness (QED) is 0.798. The molecule has 0 aromatic carbocycles. The van der Waals surface area contributed by atoms with Gasteiger partial charge in [0, 0.05) is 11.8 Å². The van der Waals surface area contributed by atoms with Gasteiger partial charge in [-0.15, -0.1) is 0 Å². The number of imide groups is 1. The van der Waals surface area contributed by atoms with Gasteiger partial charge in [-0.1, -0.05) is 0 Å². The molecule has 1 aromatic rings. The third-order valence-corrected chi connectivity index (χ3v) is 2.85. The average Bonchev–Trinajstić information content (AvgIpc) is 2.77. The molecule has 1 atom stereocenters. The summed E-state index contributed by atoms with van der Waals surface area (Å²) in [4.78, 5) is 24.2. The normalized spacial score (nSPS) is 20.9. The smallest absolute Gasteiger partial charge is 0.325 e. The lowest BCUT2D eigenvalue weighted by Crippen LogP contribution is -2.31. The van der Waals surface area contributed by atoms with Crippen LogP contribution in [-0.4, -0.2) is 24.7 Å². The highest BCUT2D eigenvalue weighted by molar-refractivity contribution is 7.08. The van der Waals surface area contributed by atoms with E-state index in [1.54, 1.807) is 16.8 Å². The van der Waals surface area contributed by atoms with E-state index >= 15 is 0 Å². The van der Waals surface area contributed by atoms with Crippen LogP contribution in [-0.2, 0) is 4.79 Å². The number of nitrogens with one attached hydrogen (secondary N) is 1. The van der Waals surface area contributed by atoms with Crippen LogP contribution in [0.2, 0.25) is 0 Å². The maximum atomic E-state index is 12.1. The van der Waals surface area contributed by atoms with Crippen LogP contribution in [0.1, 0.15) is 6.42 Å². The number of anilines is 1. The molecule has 0 spiro atoms. The second-order valence-corrected chi connectivity index (χ2v) is 3.91. The molecule has 0 saturated carbocycles. The molecule has 2 heterocycles. The first-order valence-electron chi connectivity index (χ1n) is 4.46. The van der Waals surface area contributed by atoms with E-state index in [4.69, 9.17) is 0 Å². The van der Waals surface area contributed by atoms with Gasteiger partial charge in [0.05, 0.1) is 12.4 Å². The Morgan fingerprint density at radius 1 is 1.53 bits per heavy atom. The van der Waals surface area contributed by atoms with Crippen LogP contribution in [0.15, 0.2) is 16.8 Å². The van der Waals surface area contributed by atoms with Crippen LogP contribution in [0.3, 0.4) is 0 Å². The van der Waals surface area contributed by atoms with E-state index in [1.807, 2.05) is 0 Å². The molecule has 6 heteroatoms. The summed E-state index contributed by atoms with van der Waals surface area (Å²) in [5.41, 5.74) is 0.545. The van der Waals surface area contributed by atoms with Gasteiger partial charge in [0.15, 0.2) is 0 Å². The molecule has 0 aliphatic carbocycles.